The van der Waals surface area contributed by atoms with Crippen LogP contribution in [0.4, 0.5) is 0 Å². The summed E-state index contributed by atoms with van der Waals surface area (Å²) in [6, 6.07) is 0. The Labute approximate surface area is 84.1 Å². The second-order valence-corrected chi connectivity index (χ2v) is 4.19. The SMILES string of the molecule is C=CCOC(=O)[C@H]1C[C@@H]2O[C@H]2C[C@@H]1C. The molecule has 2 aliphatic rings. The normalized spacial score (nSPS) is 39.8. The van der Waals surface area contributed by atoms with Crippen molar-refractivity contribution in [3.05, 3.63) is 12.7 Å². The van der Waals surface area contributed by atoms with E-state index in [2.05, 4.69) is 13.5 Å². The fourth-order valence-electron chi connectivity index (χ4n) is 2.18. The maximum absolute atomic E-state index is 11.6. The van der Waals surface area contributed by atoms with Crippen LogP contribution in [0.2, 0.25) is 0 Å². The van der Waals surface area contributed by atoms with Gasteiger partial charge in [0.05, 0.1) is 18.1 Å². The third kappa shape index (κ3) is 1.82. The van der Waals surface area contributed by atoms with Gasteiger partial charge in [-0.05, 0) is 18.8 Å². The van der Waals surface area contributed by atoms with Crippen LogP contribution in [0.3, 0.4) is 0 Å². The number of rotatable bonds is 3. The zero-order valence-corrected chi connectivity index (χ0v) is 8.44. The summed E-state index contributed by atoms with van der Waals surface area (Å²) >= 11 is 0. The summed E-state index contributed by atoms with van der Waals surface area (Å²) in [6.07, 6.45) is 4.18. The lowest BCUT2D eigenvalue weighted by atomic mass is 9.80. The summed E-state index contributed by atoms with van der Waals surface area (Å²) in [4.78, 5) is 11.6. The Morgan fingerprint density at radius 1 is 1.57 bits per heavy atom. The van der Waals surface area contributed by atoms with Gasteiger partial charge in [-0.15, -0.1) is 0 Å². The molecule has 0 bridgehead atoms. The minimum atomic E-state index is -0.0913. The number of epoxide rings is 1. The summed E-state index contributed by atoms with van der Waals surface area (Å²) < 4.78 is 10.5. The molecule has 0 unspecified atom stereocenters. The molecule has 14 heavy (non-hydrogen) atoms. The Morgan fingerprint density at radius 3 is 3.00 bits per heavy atom. The van der Waals surface area contributed by atoms with Crippen LogP contribution in [0.1, 0.15) is 19.8 Å². The van der Waals surface area contributed by atoms with Crippen LogP contribution in [-0.4, -0.2) is 24.8 Å². The van der Waals surface area contributed by atoms with E-state index in [1.165, 1.54) is 0 Å². The van der Waals surface area contributed by atoms with Gasteiger partial charge in [-0.25, -0.2) is 0 Å². The van der Waals surface area contributed by atoms with Gasteiger partial charge < -0.3 is 9.47 Å². The number of esters is 1. The van der Waals surface area contributed by atoms with E-state index < -0.39 is 0 Å². The predicted octanol–water partition coefficient (Wildman–Crippen LogP) is 1.53. The summed E-state index contributed by atoms with van der Waals surface area (Å²) in [6.45, 7) is 5.93. The van der Waals surface area contributed by atoms with E-state index >= 15 is 0 Å². The highest BCUT2D eigenvalue weighted by Crippen LogP contribution is 2.42. The Kier molecular flexibility index (Phi) is 2.59. The van der Waals surface area contributed by atoms with Crippen molar-refractivity contribution in [1.29, 1.82) is 0 Å². The molecule has 0 aromatic carbocycles. The molecule has 0 radical (unpaired) electrons. The first-order valence-corrected chi connectivity index (χ1v) is 5.15. The van der Waals surface area contributed by atoms with Crippen molar-refractivity contribution in [2.45, 2.75) is 32.0 Å². The molecule has 2 rings (SSSR count). The van der Waals surface area contributed by atoms with Crippen LogP contribution in [-0.2, 0) is 14.3 Å². The first-order chi connectivity index (χ1) is 6.72. The van der Waals surface area contributed by atoms with Crippen LogP contribution < -0.4 is 0 Å². The van der Waals surface area contributed by atoms with Crippen molar-refractivity contribution in [3.8, 4) is 0 Å². The molecule has 3 nitrogen and oxygen atoms in total. The average Bonchev–Trinajstić information content (AvgIpc) is 2.90. The van der Waals surface area contributed by atoms with Gasteiger partial charge in [-0.1, -0.05) is 19.6 Å². The number of ether oxygens (including phenoxy) is 2. The highest BCUT2D eigenvalue weighted by molar-refractivity contribution is 5.73. The van der Waals surface area contributed by atoms with Gasteiger partial charge in [0.25, 0.3) is 0 Å². The standard InChI is InChI=1S/C11H16O3/c1-3-4-13-11(12)8-6-10-9(14-10)5-7(8)2/h3,7-10H,1,4-6H2,2H3/t7-,8-,9-,10-/m0/s1. The molecule has 0 spiro atoms. The van der Waals surface area contributed by atoms with Gasteiger partial charge in [-0.2, -0.15) is 0 Å². The summed E-state index contributed by atoms with van der Waals surface area (Å²) in [5.41, 5.74) is 0. The molecule has 0 aromatic rings. The van der Waals surface area contributed by atoms with Gasteiger partial charge in [0.1, 0.15) is 6.61 Å². The van der Waals surface area contributed by atoms with Gasteiger partial charge in [0.2, 0.25) is 0 Å². The van der Waals surface area contributed by atoms with E-state index in [1.807, 2.05) is 0 Å². The van der Waals surface area contributed by atoms with Crippen molar-refractivity contribution in [3.63, 3.8) is 0 Å². The number of hydrogen-bond donors (Lipinski definition) is 0. The molecule has 1 heterocycles. The maximum Gasteiger partial charge on any atom is 0.309 e. The molecule has 2 fully saturated rings. The minimum Gasteiger partial charge on any atom is -0.461 e. The molecular formula is C11H16O3. The van der Waals surface area contributed by atoms with Crippen LogP contribution in [0.25, 0.3) is 0 Å². The quantitative estimate of drug-likeness (QED) is 0.390. The number of carbonyl (C=O) groups is 1. The third-order valence-electron chi connectivity index (χ3n) is 3.11. The lowest BCUT2D eigenvalue weighted by Crippen LogP contribution is -2.30. The number of carbonyl (C=O) groups excluding carboxylic acids is 1. The van der Waals surface area contributed by atoms with Crippen LogP contribution >= 0.6 is 0 Å². The van der Waals surface area contributed by atoms with Crippen LogP contribution in [0, 0.1) is 11.8 Å². The molecule has 0 aromatic heterocycles. The fourth-order valence-corrected chi connectivity index (χ4v) is 2.18. The van der Waals surface area contributed by atoms with E-state index in [-0.39, 0.29) is 11.9 Å². The topological polar surface area (TPSA) is 38.8 Å². The Bertz CT molecular complexity index is 249. The highest BCUT2D eigenvalue weighted by Gasteiger charge is 2.49. The van der Waals surface area contributed by atoms with Gasteiger partial charge >= 0.3 is 5.97 Å². The van der Waals surface area contributed by atoms with Gasteiger partial charge in [-0.3, -0.25) is 4.79 Å². The zero-order valence-electron chi connectivity index (χ0n) is 8.44. The van der Waals surface area contributed by atoms with E-state index in [0.717, 1.165) is 12.8 Å². The third-order valence-corrected chi connectivity index (χ3v) is 3.11. The van der Waals surface area contributed by atoms with Gasteiger partial charge in [0, 0.05) is 0 Å². The molecule has 3 heteroatoms. The lowest BCUT2D eigenvalue weighted by Gasteiger charge is -2.23. The van der Waals surface area contributed by atoms with Crippen molar-refractivity contribution in [1.82, 2.24) is 0 Å². The summed E-state index contributed by atoms with van der Waals surface area (Å²) in [5.74, 6) is 0.320. The summed E-state index contributed by atoms with van der Waals surface area (Å²) in [7, 11) is 0. The second-order valence-electron chi connectivity index (χ2n) is 4.19. The molecule has 0 N–H and O–H groups in total. The molecule has 1 aliphatic heterocycles. The highest BCUT2D eigenvalue weighted by atomic mass is 16.6. The molecule has 1 aliphatic carbocycles. The molecule has 1 saturated carbocycles. The van der Waals surface area contributed by atoms with Crippen molar-refractivity contribution >= 4 is 5.97 Å². The molecule has 78 valence electrons. The largest absolute Gasteiger partial charge is 0.461 e. The lowest BCUT2D eigenvalue weighted by molar-refractivity contribution is -0.149. The van der Waals surface area contributed by atoms with Crippen LogP contribution in [0.5, 0.6) is 0 Å². The number of fused-ring (bicyclic) bond motifs is 1. The van der Waals surface area contributed by atoms with E-state index in [1.54, 1.807) is 6.08 Å². The zero-order chi connectivity index (χ0) is 10.1. The molecule has 0 amide bonds. The molecule has 4 atom stereocenters. The van der Waals surface area contributed by atoms with E-state index in [0.29, 0.717) is 24.7 Å². The van der Waals surface area contributed by atoms with Gasteiger partial charge in [0.15, 0.2) is 0 Å². The first kappa shape index (κ1) is 9.71. The average molecular weight is 196 g/mol. The van der Waals surface area contributed by atoms with Crippen molar-refractivity contribution in [2.75, 3.05) is 6.61 Å². The second kappa shape index (κ2) is 3.73. The monoisotopic (exact) mass is 196 g/mol. The maximum atomic E-state index is 11.6. The fraction of sp³-hybridized carbons (Fsp3) is 0.727. The van der Waals surface area contributed by atoms with Crippen molar-refractivity contribution < 1.29 is 14.3 Å². The Balaban J connectivity index is 1.88. The molecular weight excluding hydrogens is 180 g/mol. The van der Waals surface area contributed by atoms with Crippen molar-refractivity contribution in [2.24, 2.45) is 11.8 Å². The first-order valence-electron chi connectivity index (χ1n) is 5.15. The molecule has 1 saturated heterocycles. The predicted molar refractivity (Wildman–Crippen MR) is 51.7 cm³/mol. The van der Waals surface area contributed by atoms with E-state index in [4.69, 9.17) is 9.47 Å². The van der Waals surface area contributed by atoms with Crippen LogP contribution in [0.15, 0.2) is 12.7 Å². The minimum absolute atomic E-state index is 0.0266. The Hall–Kier alpha value is -0.830. The number of hydrogen-bond acceptors (Lipinski definition) is 3. The van der Waals surface area contributed by atoms with E-state index in [9.17, 15) is 4.79 Å². The summed E-state index contributed by atoms with van der Waals surface area (Å²) in [5, 5.41) is 0. The smallest absolute Gasteiger partial charge is 0.309 e. The Morgan fingerprint density at radius 2 is 2.29 bits per heavy atom.